The molecule has 0 aliphatic heterocycles. The minimum atomic E-state index is -0.0927. The number of amides is 1. The summed E-state index contributed by atoms with van der Waals surface area (Å²) in [5.41, 5.74) is 0.701. The molecule has 0 fully saturated rings. The van der Waals surface area contributed by atoms with Gasteiger partial charge in [0.25, 0.3) is 0 Å². The average Bonchev–Trinajstić information content (AvgIpc) is 1.85. The molecule has 0 aromatic carbocycles. The van der Waals surface area contributed by atoms with Crippen molar-refractivity contribution in [2.24, 2.45) is 0 Å². The molecule has 0 unspecified atom stereocenters. The van der Waals surface area contributed by atoms with E-state index in [4.69, 9.17) is 0 Å². The van der Waals surface area contributed by atoms with Crippen LogP contribution in [0.4, 0.5) is 5.69 Å². The van der Waals surface area contributed by atoms with Crippen molar-refractivity contribution in [1.82, 2.24) is 4.98 Å². The molecule has 0 aliphatic carbocycles. The lowest BCUT2D eigenvalue weighted by Gasteiger charge is -1.99. The largest absolute Gasteiger partial charge is 0.325 e. The minimum Gasteiger partial charge on any atom is -0.325 e. The van der Waals surface area contributed by atoms with Crippen LogP contribution in [-0.4, -0.2) is 10.9 Å². The van der Waals surface area contributed by atoms with Gasteiger partial charge in [0.1, 0.15) is 0 Å². The molecule has 0 radical (unpaired) electrons. The second-order valence-corrected chi connectivity index (χ2v) is 2.99. The van der Waals surface area contributed by atoms with E-state index in [2.05, 4.69) is 26.2 Å². The van der Waals surface area contributed by atoms with E-state index in [0.29, 0.717) is 5.69 Å². The summed E-state index contributed by atoms with van der Waals surface area (Å²) in [5, 5.41) is 2.61. The first-order chi connectivity index (χ1) is 5.18. The van der Waals surface area contributed by atoms with E-state index >= 15 is 0 Å². The van der Waals surface area contributed by atoms with E-state index in [1.807, 2.05) is 0 Å². The lowest BCUT2D eigenvalue weighted by atomic mass is 10.4. The molecule has 0 saturated heterocycles. The molecule has 0 spiro atoms. The number of rotatable bonds is 1. The number of aromatic nitrogens is 1. The van der Waals surface area contributed by atoms with Gasteiger partial charge in [0.2, 0.25) is 5.91 Å². The third-order valence-corrected chi connectivity index (χ3v) is 1.46. The molecular formula is C7H7BrN2O. The first kappa shape index (κ1) is 8.20. The standard InChI is InChI=1S/C7H7BrN2O/c1-5(11)10-7-2-6(8)3-9-4-7/h2-4H,1H3,(H,10,11). The molecule has 11 heavy (non-hydrogen) atoms. The first-order valence-corrected chi connectivity index (χ1v) is 3.86. The van der Waals surface area contributed by atoms with Gasteiger partial charge in [-0.3, -0.25) is 9.78 Å². The fourth-order valence-corrected chi connectivity index (χ4v) is 1.05. The maximum absolute atomic E-state index is 10.6. The van der Waals surface area contributed by atoms with Gasteiger partial charge in [0.05, 0.1) is 11.9 Å². The quantitative estimate of drug-likeness (QED) is 0.775. The van der Waals surface area contributed by atoms with Gasteiger partial charge in [-0.25, -0.2) is 0 Å². The van der Waals surface area contributed by atoms with Crippen LogP contribution in [0.25, 0.3) is 0 Å². The highest BCUT2D eigenvalue weighted by Crippen LogP contribution is 2.12. The Labute approximate surface area is 73.0 Å². The van der Waals surface area contributed by atoms with E-state index in [1.54, 1.807) is 18.5 Å². The Balaban J connectivity index is 2.79. The van der Waals surface area contributed by atoms with E-state index in [0.717, 1.165) is 4.47 Å². The van der Waals surface area contributed by atoms with Crippen molar-refractivity contribution in [2.45, 2.75) is 6.92 Å². The molecule has 1 aromatic heterocycles. The third-order valence-electron chi connectivity index (χ3n) is 1.03. The van der Waals surface area contributed by atoms with Gasteiger partial charge < -0.3 is 5.32 Å². The van der Waals surface area contributed by atoms with E-state index in [1.165, 1.54) is 6.92 Å². The van der Waals surface area contributed by atoms with Gasteiger partial charge in [0, 0.05) is 17.6 Å². The van der Waals surface area contributed by atoms with Crippen LogP contribution in [0.5, 0.6) is 0 Å². The van der Waals surface area contributed by atoms with Gasteiger partial charge in [-0.1, -0.05) is 0 Å². The van der Waals surface area contributed by atoms with Crippen LogP contribution in [0, 0.1) is 0 Å². The van der Waals surface area contributed by atoms with Crippen molar-refractivity contribution in [2.75, 3.05) is 5.32 Å². The van der Waals surface area contributed by atoms with Crippen LogP contribution in [0.1, 0.15) is 6.92 Å². The Bertz CT molecular complexity index is 275. The smallest absolute Gasteiger partial charge is 0.221 e. The van der Waals surface area contributed by atoms with Gasteiger partial charge in [-0.15, -0.1) is 0 Å². The van der Waals surface area contributed by atoms with Crippen LogP contribution in [-0.2, 0) is 4.79 Å². The zero-order valence-corrected chi connectivity index (χ0v) is 7.55. The van der Waals surface area contributed by atoms with Crippen LogP contribution in [0.3, 0.4) is 0 Å². The molecule has 1 aromatic rings. The Morgan fingerprint density at radius 3 is 2.91 bits per heavy atom. The second-order valence-electron chi connectivity index (χ2n) is 2.07. The topological polar surface area (TPSA) is 42.0 Å². The molecule has 3 nitrogen and oxygen atoms in total. The SMILES string of the molecule is CC(=O)Nc1cncc(Br)c1. The molecule has 1 rings (SSSR count). The van der Waals surface area contributed by atoms with Crippen LogP contribution in [0.2, 0.25) is 0 Å². The van der Waals surface area contributed by atoms with E-state index < -0.39 is 0 Å². The average molecular weight is 215 g/mol. The maximum Gasteiger partial charge on any atom is 0.221 e. The molecule has 1 heterocycles. The molecule has 0 atom stereocenters. The highest BCUT2D eigenvalue weighted by atomic mass is 79.9. The number of pyridine rings is 1. The second kappa shape index (κ2) is 3.48. The normalized spacial score (nSPS) is 9.27. The lowest BCUT2D eigenvalue weighted by Crippen LogP contribution is -2.05. The summed E-state index contributed by atoms with van der Waals surface area (Å²) < 4.78 is 0.851. The summed E-state index contributed by atoms with van der Waals surface area (Å²) in [4.78, 5) is 14.4. The van der Waals surface area contributed by atoms with Crippen LogP contribution >= 0.6 is 15.9 Å². The Morgan fingerprint density at radius 2 is 2.36 bits per heavy atom. The Hall–Kier alpha value is -0.900. The molecule has 0 aliphatic rings. The third kappa shape index (κ3) is 2.67. The summed E-state index contributed by atoms with van der Waals surface area (Å²) in [6, 6.07) is 1.79. The molecule has 1 amide bonds. The zero-order valence-electron chi connectivity index (χ0n) is 5.97. The molecule has 58 valence electrons. The van der Waals surface area contributed by atoms with Crippen molar-refractivity contribution in [3.8, 4) is 0 Å². The minimum absolute atomic E-state index is 0.0927. The van der Waals surface area contributed by atoms with E-state index in [-0.39, 0.29) is 5.91 Å². The van der Waals surface area contributed by atoms with Gasteiger partial charge >= 0.3 is 0 Å². The number of nitrogens with one attached hydrogen (secondary N) is 1. The monoisotopic (exact) mass is 214 g/mol. The van der Waals surface area contributed by atoms with Gasteiger partial charge in [-0.05, 0) is 22.0 Å². The number of carbonyl (C=O) groups is 1. The van der Waals surface area contributed by atoms with Gasteiger partial charge in [-0.2, -0.15) is 0 Å². The lowest BCUT2D eigenvalue weighted by molar-refractivity contribution is -0.114. The molecule has 0 saturated carbocycles. The first-order valence-electron chi connectivity index (χ1n) is 3.06. The number of hydrogen-bond donors (Lipinski definition) is 1. The molecule has 4 heteroatoms. The molecular weight excluding hydrogens is 208 g/mol. The summed E-state index contributed by atoms with van der Waals surface area (Å²) in [7, 11) is 0. The zero-order chi connectivity index (χ0) is 8.27. The number of nitrogens with zero attached hydrogens (tertiary/aromatic N) is 1. The molecule has 1 N–H and O–H groups in total. The predicted octanol–water partition coefficient (Wildman–Crippen LogP) is 1.80. The number of hydrogen-bond acceptors (Lipinski definition) is 2. The number of anilines is 1. The highest BCUT2D eigenvalue weighted by molar-refractivity contribution is 9.10. The summed E-state index contributed by atoms with van der Waals surface area (Å²) >= 11 is 3.24. The van der Waals surface area contributed by atoms with Crippen molar-refractivity contribution in [3.05, 3.63) is 22.9 Å². The van der Waals surface area contributed by atoms with E-state index in [9.17, 15) is 4.79 Å². The summed E-state index contributed by atoms with van der Waals surface area (Å²) in [6.45, 7) is 1.46. The van der Waals surface area contributed by atoms with Crippen molar-refractivity contribution < 1.29 is 4.79 Å². The van der Waals surface area contributed by atoms with Crippen molar-refractivity contribution in [3.63, 3.8) is 0 Å². The highest BCUT2D eigenvalue weighted by Gasteiger charge is 1.94. The number of carbonyl (C=O) groups excluding carboxylic acids is 1. The number of halogens is 1. The van der Waals surface area contributed by atoms with Crippen molar-refractivity contribution in [1.29, 1.82) is 0 Å². The van der Waals surface area contributed by atoms with Gasteiger partial charge in [0.15, 0.2) is 0 Å². The summed E-state index contributed by atoms with van der Waals surface area (Å²) in [6.07, 6.45) is 3.25. The summed E-state index contributed by atoms with van der Waals surface area (Å²) in [5.74, 6) is -0.0927. The van der Waals surface area contributed by atoms with Crippen LogP contribution in [0.15, 0.2) is 22.9 Å². The Morgan fingerprint density at radius 1 is 1.64 bits per heavy atom. The van der Waals surface area contributed by atoms with Crippen LogP contribution < -0.4 is 5.32 Å². The fourth-order valence-electron chi connectivity index (χ4n) is 0.683. The van der Waals surface area contributed by atoms with Crippen molar-refractivity contribution >= 4 is 27.5 Å². The Kier molecular flexibility index (Phi) is 2.59. The maximum atomic E-state index is 10.6. The molecule has 0 bridgehead atoms. The predicted molar refractivity (Wildman–Crippen MR) is 46.2 cm³/mol. The fraction of sp³-hybridized carbons (Fsp3) is 0.143.